The first kappa shape index (κ1) is 39.8. The fourth-order valence-corrected chi connectivity index (χ4v) is 25.0. The Labute approximate surface area is 334 Å². The molecular formula is C50H53O3P3. The molecule has 0 bridgehead atoms. The van der Waals surface area contributed by atoms with Crippen molar-refractivity contribution in [2.75, 3.05) is 13.3 Å². The zero-order chi connectivity index (χ0) is 38.8. The van der Waals surface area contributed by atoms with Crippen molar-refractivity contribution in [3.8, 4) is 0 Å². The SMILES string of the molecule is CP(Cc1ccccc1)(Cc1ccccc1)(Cc1ccccc1)OP(=O)(OP(C)(Cc1ccccc1)(Cc1ccccc1)Cc1ccccc1)c1ccccc1. The standard InChI is InChI=1S/C50H53O3P3/c1-55(38-44-24-10-3-11-25-44,39-45-26-12-4-13-27-45,40-46-28-14-5-15-29-46)52-54(51,50-36-22-9-23-37-50)53-56(2,41-47-30-16-6-17-31-47,42-48-32-18-7-19-33-48)43-49-34-20-8-21-35-49/h3-37H,38-43H2,1-2H3. The molecule has 0 unspecified atom stereocenters. The molecular weight excluding hydrogens is 741 g/mol. The Bertz CT molecular complexity index is 1970. The van der Waals surface area contributed by atoms with Crippen LogP contribution >= 0.6 is 21.3 Å². The van der Waals surface area contributed by atoms with Crippen LogP contribution in [-0.2, 0) is 50.2 Å². The Hall–Kier alpha value is -4.45. The van der Waals surface area contributed by atoms with Gasteiger partial charge in [0.15, 0.2) is 0 Å². The molecule has 0 aromatic heterocycles. The number of rotatable bonds is 17. The molecule has 7 rings (SSSR count). The molecule has 286 valence electrons. The molecule has 7 aromatic rings. The van der Waals surface area contributed by atoms with Gasteiger partial charge < -0.3 is 0 Å². The fourth-order valence-electron chi connectivity index (χ4n) is 8.49. The first-order chi connectivity index (χ1) is 27.1. The molecule has 56 heavy (non-hydrogen) atoms. The average molecular weight is 795 g/mol. The van der Waals surface area contributed by atoms with Crippen LogP contribution in [0, 0.1) is 0 Å². The Morgan fingerprint density at radius 3 is 0.696 bits per heavy atom. The van der Waals surface area contributed by atoms with Gasteiger partial charge in [0.25, 0.3) is 0 Å². The van der Waals surface area contributed by atoms with Crippen LogP contribution in [0.2, 0.25) is 0 Å². The predicted octanol–water partition coefficient (Wildman–Crippen LogP) is 13.9. The molecule has 0 amide bonds. The first-order valence-corrected chi connectivity index (χ1v) is 27.3. The van der Waals surface area contributed by atoms with Crippen LogP contribution in [0.15, 0.2) is 212 Å². The van der Waals surface area contributed by atoms with Gasteiger partial charge in [0.05, 0.1) is 0 Å². The molecule has 0 spiro atoms. The van der Waals surface area contributed by atoms with Gasteiger partial charge in [-0.05, 0) is 0 Å². The van der Waals surface area contributed by atoms with E-state index < -0.39 is 21.3 Å². The van der Waals surface area contributed by atoms with Gasteiger partial charge in [-0.25, -0.2) is 0 Å². The summed E-state index contributed by atoms with van der Waals surface area (Å²) in [6.45, 7) is -2.67. The summed E-state index contributed by atoms with van der Waals surface area (Å²) in [4.78, 5) is 0. The van der Waals surface area contributed by atoms with Gasteiger partial charge >= 0.3 is 336 Å². The van der Waals surface area contributed by atoms with E-state index in [2.05, 4.69) is 195 Å². The summed E-state index contributed by atoms with van der Waals surface area (Å²) in [5.74, 6) is 0. The molecule has 0 aliphatic carbocycles. The maximum atomic E-state index is 17.0. The van der Waals surface area contributed by atoms with Crippen LogP contribution in [0.25, 0.3) is 0 Å². The van der Waals surface area contributed by atoms with Gasteiger partial charge in [-0.2, -0.15) is 0 Å². The molecule has 0 fully saturated rings. The van der Waals surface area contributed by atoms with E-state index in [0.717, 1.165) is 33.4 Å². The molecule has 0 saturated carbocycles. The molecule has 0 saturated heterocycles. The van der Waals surface area contributed by atoms with Gasteiger partial charge in [-0.1, -0.05) is 0 Å². The molecule has 3 nitrogen and oxygen atoms in total. The molecule has 7 aromatic carbocycles. The van der Waals surface area contributed by atoms with Crippen LogP contribution in [0.5, 0.6) is 0 Å². The van der Waals surface area contributed by atoms with Crippen LogP contribution in [-0.4, -0.2) is 13.3 Å². The van der Waals surface area contributed by atoms with E-state index in [0.29, 0.717) is 42.3 Å². The van der Waals surface area contributed by atoms with E-state index >= 15 is 4.57 Å². The maximum absolute atomic E-state index is 17.0. The minimum absolute atomic E-state index is 0.593. The molecule has 0 aliphatic rings. The third-order valence-electron chi connectivity index (χ3n) is 10.6. The van der Waals surface area contributed by atoms with Crippen LogP contribution in [0.1, 0.15) is 33.4 Å². The van der Waals surface area contributed by atoms with Gasteiger partial charge in [-0.15, -0.1) is 0 Å². The topological polar surface area (TPSA) is 35.5 Å². The predicted molar refractivity (Wildman–Crippen MR) is 242 cm³/mol. The summed E-state index contributed by atoms with van der Waals surface area (Å²) >= 11 is 0. The van der Waals surface area contributed by atoms with Gasteiger partial charge in [0, 0.05) is 0 Å². The second-order valence-electron chi connectivity index (χ2n) is 16.2. The molecule has 0 radical (unpaired) electrons. The van der Waals surface area contributed by atoms with Crippen molar-refractivity contribution in [3.05, 3.63) is 246 Å². The number of benzene rings is 7. The number of hydrogen-bond acceptors (Lipinski definition) is 3. The van der Waals surface area contributed by atoms with Crippen molar-refractivity contribution in [1.82, 2.24) is 0 Å². The zero-order valence-corrected chi connectivity index (χ0v) is 35.2. The van der Waals surface area contributed by atoms with Crippen molar-refractivity contribution in [3.63, 3.8) is 0 Å². The zero-order valence-electron chi connectivity index (χ0n) is 32.5. The van der Waals surface area contributed by atoms with Crippen molar-refractivity contribution < 1.29 is 13.2 Å². The summed E-state index contributed by atoms with van der Waals surface area (Å²) < 4.78 is 32.9. The van der Waals surface area contributed by atoms with Crippen molar-refractivity contribution in [1.29, 1.82) is 0 Å². The van der Waals surface area contributed by atoms with E-state index in [1.165, 1.54) is 0 Å². The van der Waals surface area contributed by atoms with E-state index in [-0.39, 0.29) is 0 Å². The van der Waals surface area contributed by atoms with E-state index in [4.69, 9.17) is 8.62 Å². The Kier molecular flexibility index (Phi) is 12.0. The monoisotopic (exact) mass is 794 g/mol. The average Bonchev–Trinajstić information content (AvgIpc) is 3.20. The summed E-state index contributed by atoms with van der Waals surface area (Å²) in [5.41, 5.74) is 6.95. The molecule has 0 atom stereocenters. The van der Waals surface area contributed by atoms with Gasteiger partial charge in [0.1, 0.15) is 0 Å². The van der Waals surface area contributed by atoms with Crippen molar-refractivity contribution in [2.45, 2.75) is 37.0 Å². The van der Waals surface area contributed by atoms with Crippen LogP contribution in [0.3, 0.4) is 0 Å². The summed E-state index contributed by atoms with van der Waals surface area (Å²) in [6, 6.07) is 73.3. The Morgan fingerprint density at radius 2 is 0.500 bits per heavy atom. The van der Waals surface area contributed by atoms with E-state index in [1.807, 2.05) is 30.3 Å². The third kappa shape index (κ3) is 10.1. The minimum atomic E-state index is -4.15. The van der Waals surface area contributed by atoms with Crippen LogP contribution < -0.4 is 5.30 Å². The molecule has 6 heteroatoms. The van der Waals surface area contributed by atoms with Crippen molar-refractivity contribution in [2.24, 2.45) is 0 Å². The molecule has 0 N–H and O–H groups in total. The molecule has 0 aliphatic heterocycles. The Morgan fingerprint density at radius 1 is 0.321 bits per heavy atom. The van der Waals surface area contributed by atoms with Gasteiger partial charge in [0.2, 0.25) is 0 Å². The molecule has 0 heterocycles. The van der Waals surface area contributed by atoms with E-state index in [9.17, 15) is 0 Å². The van der Waals surface area contributed by atoms with Crippen LogP contribution in [0.4, 0.5) is 0 Å². The number of hydrogen-bond donors (Lipinski definition) is 0. The third-order valence-corrected chi connectivity index (χ3v) is 24.9. The Balaban J connectivity index is 1.48. The summed E-state index contributed by atoms with van der Waals surface area (Å²) in [5, 5.41) is 0.593. The summed E-state index contributed by atoms with van der Waals surface area (Å²) in [6.07, 6.45) is 3.79. The van der Waals surface area contributed by atoms with Gasteiger partial charge in [-0.3, -0.25) is 0 Å². The van der Waals surface area contributed by atoms with Crippen molar-refractivity contribution >= 4 is 26.6 Å². The van der Waals surface area contributed by atoms with E-state index in [1.54, 1.807) is 0 Å². The first-order valence-electron chi connectivity index (χ1n) is 19.4. The second-order valence-corrected chi connectivity index (χ2v) is 29.7. The fraction of sp³-hybridized carbons (Fsp3) is 0.160. The summed E-state index contributed by atoms with van der Waals surface area (Å²) in [7, 11) is -4.15. The quantitative estimate of drug-likeness (QED) is 0.0862. The normalized spacial score (nSPS) is 14.4. The second kappa shape index (κ2) is 17.0.